The topological polar surface area (TPSA) is 70.1 Å². The number of carbonyl (C=O) groups is 1. The molecule has 1 saturated heterocycles. The third kappa shape index (κ3) is 1.69. The van der Waals surface area contributed by atoms with Crippen LogP contribution in [-0.4, -0.2) is 28.9 Å². The zero-order chi connectivity index (χ0) is 12.1. The van der Waals surface area contributed by atoms with E-state index >= 15 is 0 Å². The Balaban J connectivity index is 2.13. The third-order valence-corrected chi connectivity index (χ3v) is 3.71. The lowest BCUT2D eigenvalue weighted by Gasteiger charge is -2.32. The van der Waals surface area contributed by atoms with Gasteiger partial charge in [0.1, 0.15) is 6.04 Å². The zero-order valence-electron chi connectivity index (χ0n) is 10.1. The number of hydrogen-bond donors (Lipinski definition) is 1. The summed E-state index contributed by atoms with van der Waals surface area (Å²) in [6.07, 6.45) is 1.89. The molecule has 2 rings (SSSR count). The van der Waals surface area contributed by atoms with Gasteiger partial charge in [0.05, 0.1) is 12.1 Å². The van der Waals surface area contributed by atoms with Crippen molar-refractivity contribution in [2.45, 2.75) is 51.7 Å². The number of hydrogen-bond acceptors (Lipinski definition) is 3. The van der Waals surface area contributed by atoms with Gasteiger partial charge in [0.25, 0.3) is 0 Å². The number of nitriles is 1. The molecule has 4 atom stereocenters. The van der Waals surface area contributed by atoms with Crippen LogP contribution in [0.5, 0.6) is 0 Å². The van der Waals surface area contributed by atoms with Gasteiger partial charge in [0, 0.05) is 6.04 Å². The molecule has 0 spiro atoms. The Morgan fingerprint density at radius 3 is 2.62 bits per heavy atom. The van der Waals surface area contributed by atoms with Crippen molar-refractivity contribution in [1.29, 1.82) is 5.26 Å². The molecule has 1 aliphatic heterocycles. The van der Waals surface area contributed by atoms with Crippen molar-refractivity contribution in [2.24, 2.45) is 17.1 Å². The van der Waals surface area contributed by atoms with Crippen LogP contribution in [0.15, 0.2) is 0 Å². The van der Waals surface area contributed by atoms with E-state index in [2.05, 4.69) is 6.07 Å². The summed E-state index contributed by atoms with van der Waals surface area (Å²) in [4.78, 5) is 14.0. The van der Waals surface area contributed by atoms with Crippen molar-refractivity contribution in [3.63, 3.8) is 0 Å². The van der Waals surface area contributed by atoms with Gasteiger partial charge in [-0.3, -0.25) is 4.79 Å². The standard InChI is InChI=1S/C12H19N3O/c1-12(2,3)10(14)11(16)15-8(6-13)4-7-5-9(7)15/h7-10H,4-5,14H2,1-3H3/t7?,8?,9?,10-/m1/s1. The van der Waals surface area contributed by atoms with Gasteiger partial charge >= 0.3 is 0 Å². The van der Waals surface area contributed by atoms with Crippen molar-refractivity contribution in [1.82, 2.24) is 4.90 Å². The Morgan fingerprint density at radius 2 is 2.12 bits per heavy atom. The van der Waals surface area contributed by atoms with E-state index in [0.717, 1.165) is 12.8 Å². The number of fused-ring (bicyclic) bond motifs is 1. The lowest BCUT2D eigenvalue weighted by Crippen LogP contribution is -2.52. The molecule has 4 nitrogen and oxygen atoms in total. The molecule has 2 N–H and O–H groups in total. The second kappa shape index (κ2) is 3.46. The van der Waals surface area contributed by atoms with Crippen LogP contribution in [0, 0.1) is 22.7 Å². The highest BCUT2D eigenvalue weighted by molar-refractivity contribution is 5.84. The summed E-state index contributed by atoms with van der Waals surface area (Å²) in [5.74, 6) is 0.504. The lowest BCUT2D eigenvalue weighted by molar-refractivity contribution is -0.135. The molecule has 16 heavy (non-hydrogen) atoms. The molecule has 4 heteroatoms. The number of likely N-dealkylation sites (tertiary alicyclic amines) is 1. The molecule has 2 aliphatic rings. The fourth-order valence-corrected chi connectivity index (χ4v) is 2.42. The highest BCUT2D eigenvalue weighted by Crippen LogP contribution is 2.48. The quantitative estimate of drug-likeness (QED) is 0.714. The zero-order valence-corrected chi connectivity index (χ0v) is 10.1. The van der Waals surface area contributed by atoms with Crippen LogP contribution in [0.1, 0.15) is 33.6 Å². The molecule has 3 unspecified atom stereocenters. The SMILES string of the molecule is CC(C)(C)[C@H](N)C(=O)N1C(C#N)CC2CC21. The average Bonchev–Trinajstić information content (AvgIpc) is 2.86. The molecule has 0 radical (unpaired) electrons. The molecule has 1 saturated carbocycles. The Kier molecular flexibility index (Phi) is 2.47. The van der Waals surface area contributed by atoms with Crippen molar-refractivity contribution >= 4 is 5.91 Å². The Bertz CT molecular complexity index is 352. The summed E-state index contributed by atoms with van der Waals surface area (Å²) in [6.45, 7) is 5.87. The molecule has 1 aliphatic carbocycles. The highest BCUT2D eigenvalue weighted by Gasteiger charge is 2.55. The van der Waals surface area contributed by atoms with Gasteiger partial charge in [-0.25, -0.2) is 0 Å². The first-order valence-electron chi connectivity index (χ1n) is 5.83. The number of carbonyl (C=O) groups excluding carboxylic acids is 1. The number of piperidine rings is 1. The van der Waals surface area contributed by atoms with Crippen LogP contribution in [-0.2, 0) is 4.79 Å². The molecule has 0 bridgehead atoms. The molecule has 2 fully saturated rings. The minimum Gasteiger partial charge on any atom is -0.322 e. The van der Waals surface area contributed by atoms with Crippen LogP contribution in [0.2, 0.25) is 0 Å². The van der Waals surface area contributed by atoms with Gasteiger partial charge in [-0.05, 0) is 24.2 Å². The maximum Gasteiger partial charge on any atom is 0.241 e. The maximum atomic E-state index is 12.2. The molecule has 88 valence electrons. The van der Waals surface area contributed by atoms with Crippen molar-refractivity contribution in [2.75, 3.05) is 0 Å². The van der Waals surface area contributed by atoms with Gasteiger partial charge in [-0.1, -0.05) is 20.8 Å². The summed E-state index contributed by atoms with van der Waals surface area (Å²) >= 11 is 0. The largest absolute Gasteiger partial charge is 0.322 e. The van der Waals surface area contributed by atoms with Gasteiger partial charge in [0.2, 0.25) is 5.91 Å². The summed E-state index contributed by atoms with van der Waals surface area (Å²) in [7, 11) is 0. The summed E-state index contributed by atoms with van der Waals surface area (Å²) in [5, 5.41) is 9.02. The van der Waals surface area contributed by atoms with Crippen molar-refractivity contribution < 1.29 is 4.79 Å². The van der Waals surface area contributed by atoms with E-state index in [1.165, 1.54) is 0 Å². The summed E-state index contributed by atoms with van der Waals surface area (Å²) < 4.78 is 0. The fraction of sp³-hybridized carbons (Fsp3) is 0.833. The first kappa shape index (κ1) is 11.4. The molecular formula is C12H19N3O. The maximum absolute atomic E-state index is 12.2. The Morgan fingerprint density at radius 1 is 1.50 bits per heavy atom. The van der Waals surface area contributed by atoms with Crippen LogP contribution in [0.25, 0.3) is 0 Å². The molecular weight excluding hydrogens is 202 g/mol. The third-order valence-electron chi connectivity index (χ3n) is 3.71. The molecule has 0 aromatic heterocycles. The number of nitrogens with two attached hydrogens (primary N) is 1. The van der Waals surface area contributed by atoms with Gasteiger partial charge in [0.15, 0.2) is 0 Å². The van der Waals surface area contributed by atoms with Crippen LogP contribution in [0.4, 0.5) is 0 Å². The van der Waals surface area contributed by atoms with E-state index in [-0.39, 0.29) is 17.4 Å². The normalized spacial score (nSPS) is 34.2. The minimum atomic E-state index is -0.511. The first-order valence-corrected chi connectivity index (χ1v) is 5.83. The number of rotatable bonds is 1. The molecule has 1 heterocycles. The van der Waals surface area contributed by atoms with Crippen LogP contribution in [0.3, 0.4) is 0 Å². The van der Waals surface area contributed by atoms with Crippen LogP contribution >= 0.6 is 0 Å². The Hall–Kier alpha value is -1.08. The predicted octanol–water partition coefficient (Wildman–Crippen LogP) is 0.873. The smallest absolute Gasteiger partial charge is 0.241 e. The van der Waals surface area contributed by atoms with Gasteiger partial charge in [-0.2, -0.15) is 5.26 Å². The van der Waals surface area contributed by atoms with E-state index in [4.69, 9.17) is 11.0 Å². The molecule has 1 amide bonds. The van der Waals surface area contributed by atoms with Crippen molar-refractivity contribution in [3.8, 4) is 6.07 Å². The van der Waals surface area contributed by atoms with E-state index in [1.54, 1.807) is 4.90 Å². The number of amides is 1. The van der Waals surface area contributed by atoms with Gasteiger partial charge in [-0.15, -0.1) is 0 Å². The second-order valence-corrected chi connectivity index (χ2v) is 6.03. The second-order valence-electron chi connectivity index (χ2n) is 6.03. The van der Waals surface area contributed by atoms with E-state index < -0.39 is 6.04 Å². The monoisotopic (exact) mass is 221 g/mol. The first-order chi connectivity index (χ1) is 7.36. The van der Waals surface area contributed by atoms with Gasteiger partial charge < -0.3 is 10.6 Å². The highest BCUT2D eigenvalue weighted by atomic mass is 16.2. The minimum absolute atomic E-state index is 0.0518. The molecule has 0 aromatic carbocycles. The van der Waals surface area contributed by atoms with Crippen LogP contribution < -0.4 is 5.73 Å². The predicted molar refractivity (Wildman–Crippen MR) is 60.2 cm³/mol. The summed E-state index contributed by atoms with van der Waals surface area (Å²) in [5.41, 5.74) is 5.73. The summed E-state index contributed by atoms with van der Waals surface area (Å²) in [6, 6.07) is 1.75. The average molecular weight is 221 g/mol. The number of nitrogens with zero attached hydrogens (tertiary/aromatic N) is 2. The van der Waals surface area contributed by atoms with Crippen molar-refractivity contribution in [3.05, 3.63) is 0 Å². The van der Waals surface area contributed by atoms with E-state index in [9.17, 15) is 4.79 Å². The lowest BCUT2D eigenvalue weighted by atomic mass is 9.86. The van der Waals surface area contributed by atoms with E-state index in [1.807, 2.05) is 20.8 Å². The fourth-order valence-electron chi connectivity index (χ4n) is 2.42. The Labute approximate surface area is 96.4 Å². The van der Waals surface area contributed by atoms with E-state index in [0.29, 0.717) is 12.0 Å². The molecule has 0 aromatic rings.